The third kappa shape index (κ3) is 4.95. The molecule has 1 aliphatic heterocycles. The fourth-order valence-corrected chi connectivity index (χ4v) is 4.95. The van der Waals surface area contributed by atoms with E-state index in [9.17, 15) is 18.0 Å². The number of rotatable bonds is 7. The predicted octanol–water partition coefficient (Wildman–Crippen LogP) is 2.64. The number of carbonyl (C=O) groups is 2. The number of carbonyl (C=O) groups excluding carboxylic acids is 2. The van der Waals surface area contributed by atoms with Crippen molar-refractivity contribution in [1.29, 1.82) is 0 Å². The van der Waals surface area contributed by atoms with Crippen molar-refractivity contribution < 1.29 is 18.0 Å². The molecule has 2 N–H and O–H groups in total. The van der Waals surface area contributed by atoms with Crippen LogP contribution < -0.4 is 10.6 Å². The SMILES string of the molecule is C=CCNC(=O)c1ccccc1NC(=O)[C@@H]1CCCN(S(=O)(=O)c2ccccc2)C1. The molecule has 2 aromatic carbocycles. The van der Waals surface area contributed by atoms with Gasteiger partial charge in [0.25, 0.3) is 5.91 Å². The maximum absolute atomic E-state index is 12.9. The number of benzene rings is 2. The van der Waals surface area contributed by atoms with E-state index < -0.39 is 15.9 Å². The number of sulfonamides is 1. The summed E-state index contributed by atoms with van der Waals surface area (Å²) in [5.74, 6) is -1.11. The summed E-state index contributed by atoms with van der Waals surface area (Å²) in [6, 6.07) is 14.9. The highest BCUT2D eigenvalue weighted by atomic mass is 32.2. The molecule has 0 radical (unpaired) electrons. The van der Waals surface area contributed by atoms with E-state index in [0.717, 1.165) is 0 Å². The zero-order chi connectivity index (χ0) is 21.6. The highest BCUT2D eigenvalue weighted by Crippen LogP contribution is 2.25. The summed E-state index contributed by atoms with van der Waals surface area (Å²) >= 11 is 0. The van der Waals surface area contributed by atoms with Gasteiger partial charge in [0.15, 0.2) is 0 Å². The van der Waals surface area contributed by atoms with Crippen molar-refractivity contribution in [1.82, 2.24) is 9.62 Å². The van der Waals surface area contributed by atoms with Crippen LogP contribution in [0.25, 0.3) is 0 Å². The van der Waals surface area contributed by atoms with Crippen LogP contribution in [0.4, 0.5) is 5.69 Å². The molecule has 2 amide bonds. The Morgan fingerprint density at radius 3 is 2.53 bits per heavy atom. The molecule has 0 spiro atoms. The van der Waals surface area contributed by atoms with Gasteiger partial charge >= 0.3 is 0 Å². The van der Waals surface area contributed by atoms with E-state index in [4.69, 9.17) is 0 Å². The smallest absolute Gasteiger partial charge is 0.253 e. The molecule has 0 bridgehead atoms. The molecule has 8 heteroatoms. The molecule has 7 nitrogen and oxygen atoms in total. The highest BCUT2D eigenvalue weighted by molar-refractivity contribution is 7.89. The van der Waals surface area contributed by atoms with Crippen molar-refractivity contribution in [2.75, 3.05) is 25.0 Å². The molecule has 158 valence electrons. The van der Waals surface area contributed by atoms with Gasteiger partial charge in [0.05, 0.1) is 22.1 Å². The van der Waals surface area contributed by atoms with Crippen molar-refractivity contribution in [3.63, 3.8) is 0 Å². The van der Waals surface area contributed by atoms with Gasteiger partial charge in [-0.1, -0.05) is 36.4 Å². The largest absolute Gasteiger partial charge is 0.349 e. The van der Waals surface area contributed by atoms with Gasteiger partial charge < -0.3 is 10.6 Å². The van der Waals surface area contributed by atoms with Gasteiger partial charge in [-0.2, -0.15) is 4.31 Å². The van der Waals surface area contributed by atoms with Crippen LogP contribution >= 0.6 is 0 Å². The highest BCUT2D eigenvalue weighted by Gasteiger charge is 2.33. The summed E-state index contributed by atoms with van der Waals surface area (Å²) in [6.07, 6.45) is 2.74. The molecule has 0 saturated carbocycles. The van der Waals surface area contributed by atoms with Gasteiger partial charge in [-0.15, -0.1) is 6.58 Å². The maximum Gasteiger partial charge on any atom is 0.253 e. The Labute approximate surface area is 176 Å². The third-order valence-corrected chi connectivity index (χ3v) is 6.85. The van der Waals surface area contributed by atoms with E-state index >= 15 is 0 Å². The molecule has 2 aromatic rings. The first kappa shape index (κ1) is 21.7. The number of amides is 2. The standard InChI is InChI=1S/C22H25N3O4S/c1-2-14-23-22(27)19-12-6-7-13-20(19)24-21(26)17-9-8-15-25(16-17)30(28,29)18-10-4-3-5-11-18/h2-7,10-13,17H,1,8-9,14-16H2,(H,23,27)(H,24,26)/t17-/m1/s1. The van der Waals surface area contributed by atoms with Gasteiger partial charge in [-0.25, -0.2) is 8.42 Å². The Morgan fingerprint density at radius 2 is 1.80 bits per heavy atom. The van der Waals surface area contributed by atoms with Gasteiger partial charge in [-0.3, -0.25) is 9.59 Å². The number of anilines is 1. The summed E-state index contributed by atoms with van der Waals surface area (Å²) in [6.45, 7) is 4.37. The zero-order valence-electron chi connectivity index (χ0n) is 16.6. The molecule has 1 aliphatic rings. The molecule has 0 unspecified atom stereocenters. The van der Waals surface area contributed by atoms with Crippen LogP contribution in [0.3, 0.4) is 0 Å². The van der Waals surface area contributed by atoms with Crippen LogP contribution in [0, 0.1) is 5.92 Å². The molecule has 1 saturated heterocycles. The van der Waals surface area contributed by atoms with E-state index in [1.54, 1.807) is 60.7 Å². The lowest BCUT2D eigenvalue weighted by Gasteiger charge is -2.31. The maximum atomic E-state index is 12.9. The van der Waals surface area contributed by atoms with Gasteiger partial charge in [-0.05, 0) is 37.1 Å². The Bertz CT molecular complexity index is 1020. The molecule has 1 heterocycles. The number of hydrogen-bond acceptors (Lipinski definition) is 4. The lowest BCUT2D eigenvalue weighted by Crippen LogP contribution is -2.43. The minimum absolute atomic E-state index is 0.105. The van der Waals surface area contributed by atoms with Gasteiger partial charge in [0, 0.05) is 19.6 Å². The summed E-state index contributed by atoms with van der Waals surface area (Å²) in [5, 5.41) is 5.49. The Hall–Kier alpha value is -2.97. The van der Waals surface area contributed by atoms with Crippen molar-refractivity contribution in [3.05, 3.63) is 72.8 Å². The van der Waals surface area contributed by atoms with Crippen molar-refractivity contribution in [3.8, 4) is 0 Å². The third-order valence-electron chi connectivity index (χ3n) is 4.97. The first-order valence-electron chi connectivity index (χ1n) is 9.77. The molecular weight excluding hydrogens is 402 g/mol. The quantitative estimate of drug-likeness (QED) is 0.664. The van der Waals surface area contributed by atoms with Crippen LogP contribution in [0.5, 0.6) is 0 Å². The van der Waals surface area contributed by atoms with Crippen LogP contribution in [0.15, 0.2) is 72.1 Å². The summed E-state index contributed by atoms with van der Waals surface area (Å²) in [4.78, 5) is 25.4. The Kier molecular flexibility index (Phi) is 7.02. The Balaban J connectivity index is 1.72. The molecule has 3 rings (SSSR count). The van der Waals surface area contributed by atoms with E-state index in [1.165, 1.54) is 4.31 Å². The second-order valence-electron chi connectivity index (χ2n) is 7.05. The number of para-hydroxylation sites is 1. The van der Waals surface area contributed by atoms with Crippen molar-refractivity contribution >= 4 is 27.5 Å². The number of nitrogens with one attached hydrogen (secondary N) is 2. The second kappa shape index (κ2) is 9.69. The molecule has 0 aromatic heterocycles. The normalized spacial score (nSPS) is 17.1. The lowest BCUT2D eigenvalue weighted by molar-refractivity contribution is -0.120. The molecule has 0 aliphatic carbocycles. The number of hydrogen-bond donors (Lipinski definition) is 2. The Morgan fingerprint density at radius 1 is 1.10 bits per heavy atom. The van der Waals surface area contributed by atoms with E-state index in [0.29, 0.717) is 37.2 Å². The molecule has 30 heavy (non-hydrogen) atoms. The van der Waals surface area contributed by atoms with Gasteiger partial charge in [0.2, 0.25) is 15.9 Å². The molecule has 1 atom stereocenters. The summed E-state index contributed by atoms with van der Waals surface area (Å²) in [5.41, 5.74) is 0.740. The predicted molar refractivity (Wildman–Crippen MR) is 116 cm³/mol. The van der Waals surface area contributed by atoms with Crippen LogP contribution in [-0.2, 0) is 14.8 Å². The van der Waals surface area contributed by atoms with E-state index in [2.05, 4.69) is 17.2 Å². The van der Waals surface area contributed by atoms with Crippen LogP contribution in [0.1, 0.15) is 23.2 Å². The topological polar surface area (TPSA) is 95.6 Å². The number of nitrogens with zero attached hydrogens (tertiary/aromatic N) is 1. The van der Waals surface area contributed by atoms with E-state index in [1.807, 2.05) is 0 Å². The minimum atomic E-state index is -3.65. The second-order valence-corrected chi connectivity index (χ2v) is 8.99. The minimum Gasteiger partial charge on any atom is -0.349 e. The fourth-order valence-electron chi connectivity index (χ4n) is 3.40. The van der Waals surface area contributed by atoms with Crippen LogP contribution in [0.2, 0.25) is 0 Å². The van der Waals surface area contributed by atoms with Crippen molar-refractivity contribution in [2.45, 2.75) is 17.7 Å². The summed E-state index contributed by atoms with van der Waals surface area (Å²) in [7, 11) is -3.65. The van der Waals surface area contributed by atoms with E-state index in [-0.39, 0.29) is 23.3 Å². The fraction of sp³-hybridized carbons (Fsp3) is 0.273. The van der Waals surface area contributed by atoms with Gasteiger partial charge in [0.1, 0.15) is 0 Å². The first-order chi connectivity index (χ1) is 14.4. The average Bonchev–Trinajstić information content (AvgIpc) is 2.78. The lowest BCUT2D eigenvalue weighted by atomic mass is 9.98. The van der Waals surface area contributed by atoms with Crippen LogP contribution in [-0.4, -0.2) is 44.2 Å². The molecule has 1 fully saturated rings. The number of piperidine rings is 1. The summed E-state index contributed by atoms with van der Waals surface area (Å²) < 4.78 is 27.1. The monoisotopic (exact) mass is 427 g/mol. The average molecular weight is 428 g/mol. The first-order valence-corrected chi connectivity index (χ1v) is 11.2. The zero-order valence-corrected chi connectivity index (χ0v) is 17.4. The van der Waals surface area contributed by atoms with Crippen molar-refractivity contribution in [2.24, 2.45) is 5.92 Å². The molecular formula is C22H25N3O4S.